The van der Waals surface area contributed by atoms with Crippen molar-refractivity contribution >= 4 is 39.1 Å². The third kappa shape index (κ3) is 6.70. The van der Waals surface area contributed by atoms with E-state index in [2.05, 4.69) is 5.32 Å². The molecule has 0 heterocycles. The number of sulfonamides is 1. The second-order valence-corrected chi connectivity index (χ2v) is 11.1. The third-order valence-corrected chi connectivity index (χ3v) is 8.29. The first-order valence-corrected chi connectivity index (χ1v) is 13.8. The summed E-state index contributed by atoms with van der Waals surface area (Å²) in [5.41, 5.74) is 2.55. The Kier molecular flexibility index (Phi) is 9.34. The highest BCUT2D eigenvalue weighted by molar-refractivity contribution is 7.92. The van der Waals surface area contributed by atoms with E-state index >= 15 is 0 Å². The summed E-state index contributed by atoms with van der Waals surface area (Å²) in [6.45, 7) is 7.05. The molecule has 0 bridgehead atoms. The van der Waals surface area contributed by atoms with Crippen molar-refractivity contribution in [3.05, 3.63) is 94.5 Å². The molecule has 37 heavy (non-hydrogen) atoms. The van der Waals surface area contributed by atoms with Gasteiger partial charge in [-0.25, -0.2) is 8.42 Å². The predicted molar refractivity (Wildman–Crippen MR) is 147 cm³/mol. The van der Waals surface area contributed by atoms with Gasteiger partial charge in [0.05, 0.1) is 10.6 Å². The molecule has 0 radical (unpaired) electrons. The van der Waals surface area contributed by atoms with Crippen LogP contribution < -0.4 is 9.62 Å². The van der Waals surface area contributed by atoms with Crippen LogP contribution in [0.2, 0.25) is 5.02 Å². The Morgan fingerprint density at radius 2 is 1.59 bits per heavy atom. The van der Waals surface area contributed by atoms with Crippen LogP contribution in [-0.4, -0.2) is 44.3 Å². The fourth-order valence-corrected chi connectivity index (χ4v) is 5.54. The average molecular weight is 542 g/mol. The van der Waals surface area contributed by atoms with Crippen molar-refractivity contribution < 1.29 is 18.0 Å². The molecule has 1 N–H and O–H groups in total. The van der Waals surface area contributed by atoms with E-state index in [-0.39, 0.29) is 17.3 Å². The molecule has 0 saturated carbocycles. The lowest BCUT2D eigenvalue weighted by atomic mass is 10.1. The van der Waals surface area contributed by atoms with E-state index < -0.39 is 28.5 Å². The fourth-order valence-electron chi connectivity index (χ4n) is 3.90. The van der Waals surface area contributed by atoms with Crippen LogP contribution >= 0.6 is 11.6 Å². The number of halogens is 1. The number of carbonyl (C=O) groups excluding carboxylic acids is 2. The van der Waals surface area contributed by atoms with Crippen LogP contribution in [0.15, 0.2) is 77.7 Å². The molecule has 0 aliphatic heterocycles. The van der Waals surface area contributed by atoms with Crippen LogP contribution in [0.25, 0.3) is 0 Å². The van der Waals surface area contributed by atoms with Gasteiger partial charge in [-0.2, -0.15) is 0 Å². The first-order chi connectivity index (χ1) is 17.6. The van der Waals surface area contributed by atoms with Gasteiger partial charge in [0.15, 0.2) is 0 Å². The molecule has 0 aliphatic rings. The lowest BCUT2D eigenvalue weighted by Crippen LogP contribution is -2.51. The number of anilines is 1. The van der Waals surface area contributed by atoms with Crippen molar-refractivity contribution in [1.82, 2.24) is 10.2 Å². The van der Waals surface area contributed by atoms with Crippen LogP contribution in [0.1, 0.15) is 30.5 Å². The second kappa shape index (κ2) is 12.3. The summed E-state index contributed by atoms with van der Waals surface area (Å²) in [7, 11) is -4.14. The van der Waals surface area contributed by atoms with Gasteiger partial charge in [0.25, 0.3) is 10.0 Å². The third-order valence-electron chi connectivity index (χ3n) is 6.11. The van der Waals surface area contributed by atoms with E-state index in [1.165, 1.54) is 17.0 Å². The molecule has 3 rings (SSSR count). The summed E-state index contributed by atoms with van der Waals surface area (Å²) in [5.74, 6) is -0.837. The maximum Gasteiger partial charge on any atom is 0.264 e. The minimum Gasteiger partial charge on any atom is -0.355 e. The van der Waals surface area contributed by atoms with Crippen molar-refractivity contribution in [3.8, 4) is 0 Å². The lowest BCUT2D eigenvalue weighted by molar-refractivity contribution is -0.139. The van der Waals surface area contributed by atoms with E-state index in [0.29, 0.717) is 22.8 Å². The van der Waals surface area contributed by atoms with E-state index in [1.54, 1.807) is 51.1 Å². The van der Waals surface area contributed by atoms with Crippen LogP contribution in [0, 0.1) is 13.8 Å². The van der Waals surface area contributed by atoms with Crippen LogP contribution in [0.4, 0.5) is 5.69 Å². The molecule has 3 aromatic carbocycles. The molecular weight excluding hydrogens is 510 g/mol. The number of hydrogen-bond donors (Lipinski definition) is 1. The van der Waals surface area contributed by atoms with Crippen LogP contribution in [-0.2, 0) is 26.2 Å². The SMILES string of the molecule is CCNC(=O)C(C)N(Cc1ccccc1)C(=O)CN(c1cccc(Cl)c1C)S(=O)(=O)c1ccc(C)cc1. The molecular formula is C28H32ClN3O4S. The molecule has 0 spiro atoms. The number of likely N-dealkylation sites (N-methyl/N-ethyl adjacent to an activating group) is 1. The minimum absolute atomic E-state index is 0.0525. The molecule has 0 aromatic heterocycles. The number of amides is 2. The number of benzene rings is 3. The maximum absolute atomic E-state index is 13.9. The summed E-state index contributed by atoms with van der Waals surface area (Å²) in [6.07, 6.45) is 0. The molecule has 3 aromatic rings. The second-order valence-electron chi connectivity index (χ2n) is 8.79. The summed E-state index contributed by atoms with van der Waals surface area (Å²) in [6, 6.07) is 19.8. The van der Waals surface area contributed by atoms with Crippen molar-refractivity contribution in [2.75, 3.05) is 17.4 Å². The zero-order valence-corrected chi connectivity index (χ0v) is 23.0. The number of carbonyl (C=O) groups is 2. The molecule has 7 nitrogen and oxygen atoms in total. The number of hydrogen-bond acceptors (Lipinski definition) is 4. The van der Waals surface area contributed by atoms with Gasteiger partial charge in [0, 0.05) is 18.1 Å². The topological polar surface area (TPSA) is 86.8 Å². The van der Waals surface area contributed by atoms with Gasteiger partial charge in [-0.1, -0.05) is 65.7 Å². The van der Waals surface area contributed by atoms with Crippen LogP contribution in [0.5, 0.6) is 0 Å². The number of nitrogens with zero attached hydrogens (tertiary/aromatic N) is 2. The lowest BCUT2D eigenvalue weighted by Gasteiger charge is -2.32. The van der Waals surface area contributed by atoms with Gasteiger partial charge in [0.1, 0.15) is 12.6 Å². The maximum atomic E-state index is 13.9. The fraction of sp³-hybridized carbons (Fsp3) is 0.286. The van der Waals surface area contributed by atoms with Gasteiger partial charge in [0.2, 0.25) is 11.8 Å². The van der Waals surface area contributed by atoms with Crippen molar-refractivity contribution in [2.24, 2.45) is 0 Å². The molecule has 1 atom stereocenters. The number of rotatable bonds is 10. The van der Waals surface area contributed by atoms with E-state index in [4.69, 9.17) is 11.6 Å². The molecule has 0 aliphatic carbocycles. The number of nitrogens with one attached hydrogen (secondary N) is 1. The Bertz CT molecular complexity index is 1350. The minimum atomic E-state index is -4.14. The normalized spacial score (nSPS) is 12.0. The highest BCUT2D eigenvalue weighted by Crippen LogP contribution is 2.31. The van der Waals surface area contributed by atoms with E-state index in [0.717, 1.165) is 15.4 Å². The Labute approximate surface area is 224 Å². The summed E-state index contributed by atoms with van der Waals surface area (Å²) in [5, 5.41) is 3.13. The van der Waals surface area contributed by atoms with Crippen molar-refractivity contribution in [1.29, 1.82) is 0 Å². The Morgan fingerprint density at radius 1 is 0.946 bits per heavy atom. The molecule has 2 amide bonds. The van der Waals surface area contributed by atoms with Gasteiger partial charge < -0.3 is 10.2 Å². The van der Waals surface area contributed by atoms with Gasteiger partial charge in [-0.05, 0) is 63.1 Å². The van der Waals surface area contributed by atoms with Gasteiger partial charge in [-0.3, -0.25) is 13.9 Å². The molecule has 0 saturated heterocycles. The van der Waals surface area contributed by atoms with E-state index in [1.807, 2.05) is 37.3 Å². The van der Waals surface area contributed by atoms with Gasteiger partial charge >= 0.3 is 0 Å². The quantitative estimate of drug-likeness (QED) is 0.403. The average Bonchev–Trinajstić information content (AvgIpc) is 2.88. The Balaban J connectivity index is 2.06. The Morgan fingerprint density at radius 3 is 2.22 bits per heavy atom. The summed E-state index contributed by atoms with van der Waals surface area (Å²) in [4.78, 5) is 28.0. The zero-order chi connectivity index (χ0) is 27.2. The molecule has 9 heteroatoms. The van der Waals surface area contributed by atoms with Crippen molar-refractivity contribution in [2.45, 2.75) is 45.2 Å². The number of aryl methyl sites for hydroxylation is 1. The van der Waals surface area contributed by atoms with E-state index in [9.17, 15) is 18.0 Å². The highest BCUT2D eigenvalue weighted by Gasteiger charge is 2.33. The standard InChI is InChI=1S/C28H32ClN3O4S/c1-5-30-28(34)22(4)31(18-23-10-7-6-8-11-23)27(33)19-32(26-13-9-12-25(29)21(26)3)37(35,36)24-16-14-20(2)15-17-24/h6-17,22H,5,18-19H2,1-4H3,(H,30,34). The Hall–Kier alpha value is -3.36. The zero-order valence-electron chi connectivity index (χ0n) is 21.4. The van der Waals surface area contributed by atoms with Crippen LogP contribution in [0.3, 0.4) is 0 Å². The predicted octanol–water partition coefficient (Wildman–Crippen LogP) is 4.71. The molecule has 196 valence electrons. The molecule has 1 unspecified atom stereocenters. The first-order valence-electron chi connectivity index (χ1n) is 12.0. The highest BCUT2D eigenvalue weighted by atomic mass is 35.5. The molecule has 0 fully saturated rings. The largest absolute Gasteiger partial charge is 0.355 e. The first kappa shape index (κ1) is 28.2. The van der Waals surface area contributed by atoms with Crippen molar-refractivity contribution in [3.63, 3.8) is 0 Å². The summed E-state index contributed by atoms with van der Waals surface area (Å²) >= 11 is 6.34. The van der Waals surface area contributed by atoms with Gasteiger partial charge in [-0.15, -0.1) is 0 Å². The monoisotopic (exact) mass is 541 g/mol. The smallest absolute Gasteiger partial charge is 0.264 e. The summed E-state index contributed by atoms with van der Waals surface area (Å²) < 4.78 is 28.8.